The molecule has 1 N–H and O–H groups in total. The number of nitrogens with one attached hydrogen (secondary N) is 1. The van der Waals surface area contributed by atoms with Crippen molar-refractivity contribution in [2.45, 2.75) is 25.3 Å². The highest BCUT2D eigenvalue weighted by Gasteiger charge is 2.21. The third-order valence-electron chi connectivity index (χ3n) is 3.97. The van der Waals surface area contributed by atoms with Crippen molar-refractivity contribution in [2.24, 2.45) is 0 Å². The summed E-state index contributed by atoms with van der Waals surface area (Å²) in [5, 5.41) is 2.64. The van der Waals surface area contributed by atoms with Crippen LogP contribution < -0.4 is 9.46 Å². The van der Waals surface area contributed by atoms with Crippen molar-refractivity contribution in [3.8, 4) is 16.3 Å². The Labute approximate surface area is 157 Å². The summed E-state index contributed by atoms with van der Waals surface area (Å²) < 4.78 is 33.2. The maximum Gasteiger partial charge on any atom is 0.244 e. The van der Waals surface area contributed by atoms with E-state index in [4.69, 9.17) is 4.74 Å². The van der Waals surface area contributed by atoms with E-state index in [2.05, 4.69) is 14.7 Å². The molecule has 0 aliphatic heterocycles. The number of rotatable bonds is 6. The normalized spacial score (nSPS) is 11.5. The van der Waals surface area contributed by atoms with E-state index >= 15 is 0 Å². The molecule has 0 aliphatic rings. The Morgan fingerprint density at radius 1 is 1.23 bits per heavy atom. The van der Waals surface area contributed by atoms with Gasteiger partial charge in [0, 0.05) is 23.3 Å². The summed E-state index contributed by atoms with van der Waals surface area (Å²) in [6.07, 6.45) is 3.43. The van der Waals surface area contributed by atoms with Crippen LogP contribution in [0.3, 0.4) is 0 Å². The maximum absolute atomic E-state index is 12.7. The second kappa shape index (κ2) is 7.53. The molecule has 0 amide bonds. The zero-order valence-corrected chi connectivity index (χ0v) is 16.3. The SMILES string of the molecule is COc1cc(C)c(C)cc1S(=O)(=O)NCc1csc(-c2cccnc2)n1. The van der Waals surface area contributed by atoms with Crippen LogP contribution >= 0.6 is 11.3 Å². The largest absolute Gasteiger partial charge is 0.495 e. The molecule has 8 heteroatoms. The minimum Gasteiger partial charge on any atom is -0.495 e. The number of pyridine rings is 1. The van der Waals surface area contributed by atoms with E-state index in [0.29, 0.717) is 11.4 Å². The number of aromatic nitrogens is 2. The third kappa shape index (κ3) is 3.92. The average molecular weight is 390 g/mol. The molecular weight excluding hydrogens is 370 g/mol. The fraction of sp³-hybridized carbons (Fsp3) is 0.222. The van der Waals surface area contributed by atoms with Gasteiger partial charge in [0.05, 0.1) is 19.3 Å². The van der Waals surface area contributed by atoms with Crippen molar-refractivity contribution in [2.75, 3.05) is 7.11 Å². The number of benzene rings is 1. The number of methoxy groups -OCH3 is 1. The molecule has 0 atom stereocenters. The van der Waals surface area contributed by atoms with Gasteiger partial charge in [-0.2, -0.15) is 0 Å². The molecule has 0 bridgehead atoms. The van der Waals surface area contributed by atoms with Crippen LogP contribution in [0, 0.1) is 13.8 Å². The third-order valence-corrected chi connectivity index (χ3v) is 6.34. The molecule has 0 unspecified atom stereocenters. The van der Waals surface area contributed by atoms with E-state index in [1.807, 2.05) is 31.4 Å². The molecule has 0 saturated heterocycles. The van der Waals surface area contributed by atoms with Crippen LogP contribution in [-0.2, 0) is 16.6 Å². The van der Waals surface area contributed by atoms with Crippen LogP contribution in [0.2, 0.25) is 0 Å². The van der Waals surface area contributed by atoms with Gasteiger partial charge in [0.1, 0.15) is 15.7 Å². The van der Waals surface area contributed by atoms with Gasteiger partial charge in [-0.3, -0.25) is 4.98 Å². The number of hydrogen-bond donors (Lipinski definition) is 1. The molecule has 0 saturated carbocycles. The monoisotopic (exact) mass is 389 g/mol. The molecule has 0 aliphatic carbocycles. The lowest BCUT2D eigenvalue weighted by Crippen LogP contribution is -2.24. The predicted octanol–water partition coefficient (Wildman–Crippen LogP) is 3.31. The summed E-state index contributed by atoms with van der Waals surface area (Å²) >= 11 is 1.45. The van der Waals surface area contributed by atoms with Gasteiger partial charge >= 0.3 is 0 Å². The molecule has 26 heavy (non-hydrogen) atoms. The van der Waals surface area contributed by atoms with Crippen LogP contribution in [0.15, 0.2) is 46.9 Å². The molecule has 0 spiro atoms. The van der Waals surface area contributed by atoms with Crippen molar-refractivity contribution < 1.29 is 13.2 Å². The van der Waals surface area contributed by atoms with Crippen molar-refractivity contribution in [3.05, 3.63) is 58.9 Å². The molecular formula is C18H19N3O3S2. The lowest BCUT2D eigenvalue weighted by Gasteiger charge is -2.12. The summed E-state index contributed by atoms with van der Waals surface area (Å²) in [5.74, 6) is 0.329. The van der Waals surface area contributed by atoms with Gasteiger partial charge in [-0.15, -0.1) is 11.3 Å². The second-order valence-corrected chi connectivity index (χ2v) is 8.39. The van der Waals surface area contributed by atoms with Gasteiger partial charge in [0.15, 0.2) is 0 Å². The van der Waals surface area contributed by atoms with E-state index in [1.54, 1.807) is 24.5 Å². The Bertz CT molecular complexity index is 1020. The first-order chi connectivity index (χ1) is 12.4. The summed E-state index contributed by atoms with van der Waals surface area (Å²) in [4.78, 5) is 8.67. The lowest BCUT2D eigenvalue weighted by atomic mass is 10.1. The predicted molar refractivity (Wildman–Crippen MR) is 102 cm³/mol. The summed E-state index contributed by atoms with van der Waals surface area (Å²) in [6.45, 7) is 3.89. The molecule has 2 aromatic heterocycles. The minimum absolute atomic E-state index is 0.106. The summed E-state index contributed by atoms with van der Waals surface area (Å²) in [5.41, 5.74) is 3.42. The smallest absolute Gasteiger partial charge is 0.244 e. The van der Waals surface area contributed by atoms with Gasteiger partial charge < -0.3 is 4.74 Å². The Balaban J connectivity index is 1.79. The van der Waals surface area contributed by atoms with Crippen LogP contribution in [-0.4, -0.2) is 25.5 Å². The van der Waals surface area contributed by atoms with E-state index in [-0.39, 0.29) is 11.4 Å². The average Bonchev–Trinajstić information content (AvgIpc) is 3.12. The molecule has 136 valence electrons. The molecule has 0 fully saturated rings. The highest BCUT2D eigenvalue weighted by Crippen LogP contribution is 2.28. The van der Waals surface area contributed by atoms with Crippen molar-refractivity contribution in [1.82, 2.24) is 14.7 Å². The van der Waals surface area contributed by atoms with Crippen LogP contribution in [0.25, 0.3) is 10.6 Å². The highest BCUT2D eigenvalue weighted by atomic mass is 32.2. The topological polar surface area (TPSA) is 81.2 Å². The first-order valence-corrected chi connectivity index (χ1v) is 10.3. The Kier molecular flexibility index (Phi) is 5.36. The number of hydrogen-bond acceptors (Lipinski definition) is 6. The Morgan fingerprint density at radius 3 is 2.69 bits per heavy atom. The molecule has 3 rings (SSSR count). The zero-order chi connectivity index (χ0) is 18.7. The van der Waals surface area contributed by atoms with E-state index in [9.17, 15) is 8.42 Å². The van der Waals surface area contributed by atoms with Gasteiger partial charge in [-0.25, -0.2) is 18.1 Å². The van der Waals surface area contributed by atoms with Crippen molar-refractivity contribution in [3.63, 3.8) is 0 Å². The maximum atomic E-state index is 12.7. The van der Waals surface area contributed by atoms with Gasteiger partial charge in [0.2, 0.25) is 10.0 Å². The Hall–Kier alpha value is -2.29. The standard InChI is InChI=1S/C18H19N3O3S2/c1-12-7-16(24-3)17(8-13(12)2)26(22,23)20-10-15-11-25-18(21-15)14-5-4-6-19-9-14/h4-9,11,20H,10H2,1-3H3. The fourth-order valence-electron chi connectivity index (χ4n) is 2.39. The zero-order valence-electron chi connectivity index (χ0n) is 14.7. The number of ether oxygens (including phenoxy) is 1. The quantitative estimate of drug-likeness (QED) is 0.699. The molecule has 1 aromatic carbocycles. The first-order valence-electron chi connectivity index (χ1n) is 7.90. The van der Waals surface area contributed by atoms with Gasteiger partial charge in [-0.1, -0.05) is 0 Å². The number of thiazole rings is 1. The first kappa shape index (κ1) is 18.5. The fourth-order valence-corrected chi connectivity index (χ4v) is 4.43. The van der Waals surface area contributed by atoms with Crippen LogP contribution in [0.1, 0.15) is 16.8 Å². The number of nitrogens with zero attached hydrogens (tertiary/aromatic N) is 2. The second-order valence-electron chi connectivity index (χ2n) is 5.80. The summed E-state index contributed by atoms with van der Waals surface area (Å²) in [7, 11) is -2.26. The van der Waals surface area contributed by atoms with Crippen molar-refractivity contribution >= 4 is 21.4 Å². The van der Waals surface area contributed by atoms with Crippen molar-refractivity contribution in [1.29, 1.82) is 0 Å². The molecule has 0 radical (unpaired) electrons. The van der Waals surface area contributed by atoms with Crippen LogP contribution in [0.4, 0.5) is 0 Å². The Morgan fingerprint density at radius 2 is 2.00 bits per heavy atom. The lowest BCUT2D eigenvalue weighted by molar-refractivity contribution is 0.401. The number of aryl methyl sites for hydroxylation is 2. The van der Waals surface area contributed by atoms with Gasteiger partial charge in [-0.05, 0) is 49.2 Å². The highest BCUT2D eigenvalue weighted by molar-refractivity contribution is 7.89. The van der Waals surface area contributed by atoms with E-state index in [0.717, 1.165) is 21.7 Å². The number of sulfonamides is 1. The molecule has 3 aromatic rings. The molecule has 2 heterocycles. The van der Waals surface area contributed by atoms with E-state index in [1.165, 1.54) is 18.4 Å². The minimum atomic E-state index is -3.72. The van der Waals surface area contributed by atoms with E-state index < -0.39 is 10.0 Å². The van der Waals surface area contributed by atoms with Crippen LogP contribution in [0.5, 0.6) is 5.75 Å². The van der Waals surface area contributed by atoms with Gasteiger partial charge in [0.25, 0.3) is 0 Å². The summed E-state index contributed by atoms with van der Waals surface area (Å²) in [6, 6.07) is 7.11. The molecule has 6 nitrogen and oxygen atoms in total.